The number of hydrogen-bond acceptors (Lipinski definition) is 2. The van der Waals surface area contributed by atoms with E-state index in [-0.39, 0.29) is 5.38 Å². The number of hydrogen-bond donors (Lipinski definition) is 0. The zero-order valence-electron chi connectivity index (χ0n) is 10.9. The number of halogens is 2. The molecule has 1 aliphatic rings. The minimum Gasteiger partial charge on any atom is -0.493 e. The molecule has 0 aliphatic carbocycles. The van der Waals surface area contributed by atoms with Crippen LogP contribution in [0.3, 0.4) is 0 Å². The van der Waals surface area contributed by atoms with Crippen molar-refractivity contribution < 1.29 is 4.74 Å². The predicted octanol–water partition coefficient (Wildman–Crippen LogP) is 3.83. The summed E-state index contributed by atoms with van der Waals surface area (Å²) >= 11 is 9.56. The summed E-state index contributed by atoms with van der Waals surface area (Å²) in [4.78, 5) is 2.29. The van der Waals surface area contributed by atoms with Crippen LogP contribution in [0.1, 0.15) is 24.5 Å². The molecule has 1 aromatic carbocycles. The smallest absolute Gasteiger partial charge is 0.127 e. The van der Waals surface area contributed by atoms with Gasteiger partial charge in [-0.05, 0) is 44.6 Å². The van der Waals surface area contributed by atoms with E-state index in [2.05, 4.69) is 40.0 Å². The predicted molar refractivity (Wildman–Crippen MR) is 79.6 cm³/mol. The minimum absolute atomic E-state index is 0.233. The number of ether oxygens (including phenoxy) is 1. The number of fused-ring (bicyclic) bond motifs is 1. The van der Waals surface area contributed by atoms with E-state index in [1.807, 2.05) is 6.92 Å². The van der Waals surface area contributed by atoms with Crippen LogP contribution in [-0.4, -0.2) is 30.5 Å². The summed E-state index contributed by atoms with van der Waals surface area (Å²) in [7, 11) is 2.13. The van der Waals surface area contributed by atoms with Crippen molar-refractivity contribution in [2.45, 2.75) is 31.7 Å². The number of alkyl halides is 1. The zero-order valence-corrected chi connectivity index (χ0v) is 13.2. The van der Waals surface area contributed by atoms with E-state index in [0.29, 0.717) is 0 Å². The molecule has 0 saturated heterocycles. The molecule has 0 radical (unpaired) electrons. The Morgan fingerprint density at radius 1 is 1.50 bits per heavy atom. The number of rotatable bonds is 5. The molecule has 0 saturated carbocycles. The van der Waals surface area contributed by atoms with Gasteiger partial charge in [-0.15, -0.1) is 11.6 Å². The van der Waals surface area contributed by atoms with Crippen molar-refractivity contribution in [3.05, 3.63) is 27.7 Å². The highest BCUT2D eigenvalue weighted by Crippen LogP contribution is 2.33. The Labute approximate surface area is 122 Å². The van der Waals surface area contributed by atoms with Crippen LogP contribution < -0.4 is 4.74 Å². The lowest BCUT2D eigenvalue weighted by Gasteiger charge is -2.19. The summed E-state index contributed by atoms with van der Waals surface area (Å²) in [6.45, 7) is 4.76. The molecule has 1 aliphatic heterocycles. The first-order valence-electron chi connectivity index (χ1n) is 6.33. The molecule has 0 aromatic heterocycles. The van der Waals surface area contributed by atoms with E-state index in [9.17, 15) is 0 Å². The van der Waals surface area contributed by atoms with E-state index in [0.717, 1.165) is 42.8 Å². The van der Waals surface area contributed by atoms with E-state index < -0.39 is 0 Å². The monoisotopic (exact) mass is 331 g/mol. The second-order valence-electron chi connectivity index (χ2n) is 4.96. The number of nitrogens with zero attached hydrogens (tertiary/aromatic N) is 1. The molecule has 1 unspecified atom stereocenters. The second kappa shape index (κ2) is 6.27. The van der Waals surface area contributed by atoms with Crippen LogP contribution >= 0.6 is 27.5 Å². The highest BCUT2D eigenvalue weighted by Gasteiger charge is 2.18. The second-order valence-corrected chi connectivity index (χ2v) is 6.62. The molecule has 0 bridgehead atoms. The maximum absolute atomic E-state index is 5.98. The quantitative estimate of drug-likeness (QED) is 0.760. The lowest BCUT2D eigenvalue weighted by Crippen LogP contribution is -2.21. The molecule has 0 spiro atoms. The summed E-state index contributed by atoms with van der Waals surface area (Å²) in [6.07, 6.45) is 2.03. The van der Waals surface area contributed by atoms with Gasteiger partial charge in [0.05, 0.1) is 6.61 Å². The molecule has 1 heterocycles. The molecule has 1 aromatic rings. The van der Waals surface area contributed by atoms with Gasteiger partial charge in [-0.2, -0.15) is 0 Å². The van der Waals surface area contributed by atoms with Crippen molar-refractivity contribution in [1.29, 1.82) is 0 Å². The summed E-state index contributed by atoms with van der Waals surface area (Å²) in [5.74, 6) is 1.09. The molecule has 100 valence electrons. The van der Waals surface area contributed by atoms with E-state index in [1.54, 1.807) is 0 Å². The van der Waals surface area contributed by atoms with Gasteiger partial charge in [-0.1, -0.05) is 15.9 Å². The molecule has 18 heavy (non-hydrogen) atoms. The fraction of sp³-hybridized carbons (Fsp3) is 0.571. The van der Waals surface area contributed by atoms with Gasteiger partial charge in [-0.25, -0.2) is 0 Å². The largest absolute Gasteiger partial charge is 0.493 e. The fourth-order valence-corrected chi connectivity index (χ4v) is 2.88. The third-order valence-corrected chi connectivity index (χ3v) is 3.85. The van der Waals surface area contributed by atoms with Crippen molar-refractivity contribution in [2.75, 3.05) is 20.2 Å². The molecule has 2 nitrogen and oxygen atoms in total. The van der Waals surface area contributed by atoms with Crippen LogP contribution in [0.25, 0.3) is 0 Å². The third kappa shape index (κ3) is 3.62. The fourth-order valence-electron chi connectivity index (χ4n) is 2.23. The lowest BCUT2D eigenvalue weighted by atomic mass is 10.1. The SMILES string of the molecule is CC(Cl)CCN(C)Cc1cc(Br)cc2c1OCC2. The van der Waals surface area contributed by atoms with Crippen molar-refractivity contribution >= 4 is 27.5 Å². The van der Waals surface area contributed by atoms with Gasteiger partial charge in [0, 0.05) is 28.4 Å². The van der Waals surface area contributed by atoms with Crippen LogP contribution in [0.5, 0.6) is 5.75 Å². The normalized spacial score (nSPS) is 15.6. The van der Waals surface area contributed by atoms with Crippen molar-refractivity contribution in [3.8, 4) is 5.75 Å². The maximum Gasteiger partial charge on any atom is 0.127 e. The molecule has 0 fully saturated rings. The summed E-state index contributed by atoms with van der Waals surface area (Å²) < 4.78 is 6.88. The Balaban J connectivity index is 2.05. The Kier molecular flexibility index (Phi) is 4.93. The first-order valence-corrected chi connectivity index (χ1v) is 7.56. The van der Waals surface area contributed by atoms with Crippen molar-refractivity contribution in [3.63, 3.8) is 0 Å². The summed E-state index contributed by atoms with van der Waals surface area (Å²) in [5.41, 5.74) is 2.58. The number of benzene rings is 1. The van der Waals surface area contributed by atoms with Gasteiger partial charge in [-0.3, -0.25) is 0 Å². The molecular weight excluding hydrogens is 314 g/mol. The standard InChI is InChI=1S/C14H19BrClNO/c1-10(16)3-5-17(2)9-12-8-13(15)7-11-4-6-18-14(11)12/h7-8,10H,3-6,9H2,1-2H3. The topological polar surface area (TPSA) is 12.5 Å². The lowest BCUT2D eigenvalue weighted by molar-refractivity contribution is 0.307. The Morgan fingerprint density at radius 3 is 3.00 bits per heavy atom. The van der Waals surface area contributed by atoms with E-state index >= 15 is 0 Å². The molecule has 4 heteroatoms. The van der Waals surface area contributed by atoms with Crippen molar-refractivity contribution in [2.24, 2.45) is 0 Å². The highest BCUT2D eigenvalue weighted by atomic mass is 79.9. The Hall–Kier alpha value is -0.250. The third-order valence-electron chi connectivity index (χ3n) is 3.17. The minimum atomic E-state index is 0.233. The van der Waals surface area contributed by atoms with Crippen LogP contribution in [0, 0.1) is 0 Å². The molecular formula is C14H19BrClNO. The van der Waals surface area contributed by atoms with Gasteiger partial charge in [0.2, 0.25) is 0 Å². The first kappa shape index (κ1) is 14.2. The average Bonchev–Trinajstić information content (AvgIpc) is 2.74. The highest BCUT2D eigenvalue weighted by molar-refractivity contribution is 9.10. The van der Waals surface area contributed by atoms with E-state index in [1.165, 1.54) is 11.1 Å². The summed E-state index contributed by atoms with van der Waals surface area (Å²) in [5, 5.41) is 0.233. The molecule has 0 N–H and O–H groups in total. The summed E-state index contributed by atoms with van der Waals surface area (Å²) in [6, 6.07) is 4.32. The van der Waals surface area contributed by atoms with Crippen LogP contribution in [0.15, 0.2) is 16.6 Å². The Morgan fingerprint density at radius 2 is 2.28 bits per heavy atom. The maximum atomic E-state index is 5.98. The molecule has 2 rings (SSSR count). The van der Waals surface area contributed by atoms with Gasteiger partial charge < -0.3 is 9.64 Å². The Bertz CT molecular complexity index is 423. The first-order chi connectivity index (χ1) is 8.56. The van der Waals surface area contributed by atoms with Crippen LogP contribution in [-0.2, 0) is 13.0 Å². The van der Waals surface area contributed by atoms with Crippen LogP contribution in [0.2, 0.25) is 0 Å². The average molecular weight is 333 g/mol. The van der Waals surface area contributed by atoms with Gasteiger partial charge in [0.15, 0.2) is 0 Å². The molecule has 0 amide bonds. The van der Waals surface area contributed by atoms with Crippen LogP contribution in [0.4, 0.5) is 0 Å². The zero-order chi connectivity index (χ0) is 13.1. The van der Waals surface area contributed by atoms with Gasteiger partial charge >= 0.3 is 0 Å². The molecule has 1 atom stereocenters. The van der Waals surface area contributed by atoms with E-state index in [4.69, 9.17) is 16.3 Å². The van der Waals surface area contributed by atoms with Gasteiger partial charge in [0.1, 0.15) is 5.75 Å². The van der Waals surface area contributed by atoms with Gasteiger partial charge in [0.25, 0.3) is 0 Å². The van der Waals surface area contributed by atoms with Crippen molar-refractivity contribution in [1.82, 2.24) is 4.90 Å².